The quantitative estimate of drug-likeness (QED) is 0.803. The molecule has 1 N–H and O–H groups in total. The first-order chi connectivity index (χ1) is 7.79. The second-order valence-electron chi connectivity index (χ2n) is 3.64. The Bertz CT molecular complexity index is 335. The summed E-state index contributed by atoms with van der Waals surface area (Å²) in [4.78, 5) is 0. The van der Waals surface area contributed by atoms with E-state index in [-0.39, 0.29) is 45.2 Å². The molecule has 0 unspecified atom stereocenters. The van der Waals surface area contributed by atoms with E-state index >= 15 is 0 Å². The molecule has 0 saturated carbocycles. The van der Waals surface area contributed by atoms with Crippen LogP contribution in [0.4, 0.5) is 13.2 Å². The topological polar surface area (TPSA) is 66.8 Å². The second kappa shape index (κ2) is 5.51. The molecule has 102 valence electrons. The number of piperidine rings is 1. The van der Waals surface area contributed by atoms with Crippen molar-refractivity contribution in [2.75, 3.05) is 26.3 Å². The SMILES string of the molecule is O=S(=O)(N1CCC(OCCO)CC1)C(F)(F)F. The van der Waals surface area contributed by atoms with Crippen LogP contribution in [0.1, 0.15) is 12.8 Å². The van der Waals surface area contributed by atoms with Gasteiger partial charge < -0.3 is 9.84 Å². The summed E-state index contributed by atoms with van der Waals surface area (Å²) in [7, 11) is -5.22. The van der Waals surface area contributed by atoms with E-state index in [0.29, 0.717) is 4.31 Å². The predicted molar refractivity (Wildman–Crippen MR) is 52.6 cm³/mol. The van der Waals surface area contributed by atoms with E-state index < -0.39 is 15.5 Å². The summed E-state index contributed by atoms with van der Waals surface area (Å²) in [6.45, 7) is -0.479. The number of aliphatic hydroxyl groups is 1. The lowest BCUT2D eigenvalue weighted by Gasteiger charge is -2.31. The van der Waals surface area contributed by atoms with Gasteiger partial charge in [0.1, 0.15) is 0 Å². The fourth-order valence-corrected chi connectivity index (χ4v) is 2.59. The normalized spacial score (nSPS) is 20.7. The van der Waals surface area contributed by atoms with Gasteiger partial charge >= 0.3 is 15.5 Å². The van der Waals surface area contributed by atoms with E-state index in [2.05, 4.69) is 0 Å². The van der Waals surface area contributed by atoms with Crippen molar-refractivity contribution in [2.24, 2.45) is 0 Å². The molecule has 1 aliphatic rings. The third kappa shape index (κ3) is 3.54. The Balaban J connectivity index is 2.53. The molecule has 1 fully saturated rings. The predicted octanol–water partition coefficient (Wildman–Crippen LogP) is 0.309. The van der Waals surface area contributed by atoms with Crippen molar-refractivity contribution in [2.45, 2.75) is 24.5 Å². The van der Waals surface area contributed by atoms with E-state index in [9.17, 15) is 21.6 Å². The number of rotatable bonds is 4. The average Bonchev–Trinajstić information content (AvgIpc) is 2.25. The minimum Gasteiger partial charge on any atom is -0.394 e. The van der Waals surface area contributed by atoms with Crippen molar-refractivity contribution in [3.05, 3.63) is 0 Å². The van der Waals surface area contributed by atoms with Crippen molar-refractivity contribution in [3.63, 3.8) is 0 Å². The lowest BCUT2D eigenvalue weighted by Crippen LogP contribution is -2.46. The van der Waals surface area contributed by atoms with Crippen molar-refractivity contribution in [1.29, 1.82) is 0 Å². The minimum atomic E-state index is -5.24. The van der Waals surface area contributed by atoms with Crippen LogP contribution in [0.2, 0.25) is 0 Å². The van der Waals surface area contributed by atoms with Gasteiger partial charge in [-0.2, -0.15) is 17.5 Å². The van der Waals surface area contributed by atoms with Crippen molar-refractivity contribution in [1.82, 2.24) is 4.31 Å². The van der Waals surface area contributed by atoms with Crippen LogP contribution < -0.4 is 0 Å². The Labute approximate surface area is 97.2 Å². The third-order valence-corrected chi connectivity index (χ3v) is 4.11. The summed E-state index contributed by atoms with van der Waals surface area (Å²) >= 11 is 0. The number of alkyl halides is 3. The first-order valence-electron chi connectivity index (χ1n) is 5.08. The van der Waals surface area contributed by atoms with Gasteiger partial charge in [0.2, 0.25) is 0 Å². The highest BCUT2D eigenvalue weighted by Crippen LogP contribution is 2.29. The first kappa shape index (κ1) is 14.7. The second-order valence-corrected chi connectivity index (χ2v) is 5.57. The molecule has 1 saturated heterocycles. The molecule has 0 radical (unpaired) electrons. The fourth-order valence-electron chi connectivity index (χ4n) is 1.60. The van der Waals surface area contributed by atoms with E-state index in [0.717, 1.165) is 0 Å². The molecule has 0 aromatic rings. The van der Waals surface area contributed by atoms with E-state index in [1.54, 1.807) is 0 Å². The summed E-state index contributed by atoms with van der Waals surface area (Å²) in [5, 5.41) is 8.50. The number of aliphatic hydroxyl groups excluding tert-OH is 1. The van der Waals surface area contributed by atoms with Crippen LogP contribution >= 0.6 is 0 Å². The average molecular weight is 277 g/mol. The lowest BCUT2D eigenvalue weighted by atomic mass is 10.1. The molecule has 0 bridgehead atoms. The molecule has 1 rings (SSSR count). The standard InChI is InChI=1S/C8H14F3NO4S/c9-8(10,11)17(14,15)12-3-1-7(2-4-12)16-6-5-13/h7,13H,1-6H2. The molecule has 17 heavy (non-hydrogen) atoms. The Kier molecular flexibility index (Phi) is 4.76. The van der Waals surface area contributed by atoms with Gasteiger partial charge in [0.25, 0.3) is 0 Å². The molecule has 0 atom stereocenters. The van der Waals surface area contributed by atoms with Crippen LogP contribution in [0.25, 0.3) is 0 Å². The maximum absolute atomic E-state index is 12.2. The smallest absolute Gasteiger partial charge is 0.394 e. The van der Waals surface area contributed by atoms with E-state index in [1.807, 2.05) is 0 Å². The van der Waals surface area contributed by atoms with E-state index in [4.69, 9.17) is 9.84 Å². The number of nitrogens with zero attached hydrogens (tertiary/aromatic N) is 1. The monoisotopic (exact) mass is 277 g/mol. The molecule has 0 aliphatic carbocycles. The highest BCUT2D eigenvalue weighted by atomic mass is 32.2. The van der Waals surface area contributed by atoms with Gasteiger partial charge in [-0.25, -0.2) is 8.42 Å². The van der Waals surface area contributed by atoms with Gasteiger partial charge in [0.05, 0.1) is 19.3 Å². The van der Waals surface area contributed by atoms with Gasteiger partial charge in [-0.15, -0.1) is 0 Å². The highest BCUT2D eigenvalue weighted by Gasteiger charge is 2.50. The van der Waals surface area contributed by atoms with Crippen LogP contribution in [-0.4, -0.2) is 55.7 Å². The van der Waals surface area contributed by atoms with Crippen LogP contribution in [0.15, 0.2) is 0 Å². The van der Waals surface area contributed by atoms with Crippen LogP contribution in [0.5, 0.6) is 0 Å². The zero-order valence-corrected chi connectivity index (χ0v) is 9.80. The molecule has 5 nitrogen and oxygen atoms in total. The third-order valence-electron chi connectivity index (χ3n) is 2.48. The Morgan fingerprint density at radius 1 is 1.29 bits per heavy atom. The highest BCUT2D eigenvalue weighted by molar-refractivity contribution is 7.90. The zero-order chi connectivity index (χ0) is 13.1. The summed E-state index contributed by atoms with van der Waals surface area (Å²) in [6.07, 6.45) is 0.117. The van der Waals surface area contributed by atoms with E-state index in [1.165, 1.54) is 0 Å². The number of ether oxygens (including phenoxy) is 1. The van der Waals surface area contributed by atoms with Gasteiger partial charge in [-0.05, 0) is 12.8 Å². The Morgan fingerprint density at radius 3 is 2.24 bits per heavy atom. The molecule has 0 aromatic carbocycles. The fraction of sp³-hybridized carbons (Fsp3) is 1.00. The van der Waals surface area contributed by atoms with Crippen LogP contribution in [0, 0.1) is 0 Å². The molecule has 1 heterocycles. The Hall–Kier alpha value is -0.380. The largest absolute Gasteiger partial charge is 0.511 e. The van der Waals surface area contributed by atoms with Gasteiger partial charge in [-0.1, -0.05) is 0 Å². The number of sulfonamides is 1. The molecular formula is C8H14F3NO4S. The number of hydrogen-bond acceptors (Lipinski definition) is 4. The maximum Gasteiger partial charge on any atom is 0.511 e. The van der Waals surface area contributed by atoms with Gasteiger partial charge in [0.15, 0.2) is 0 Å². The molecule has 9 heteroatoms. The van der Waals surface area contributed by atoms with Gasteiger partial charge in [0, 0.05) is 13.1 Å². The van der Waals surface area contributed by atoms with Crippen molar-refractivity contribution < 1.29 is 31.4 Å². The van der Waals surface area contributed by atoms with Crippen LogP contribution in [0.3, 0.4) is 0 Å². The summed E-state index contributed by atoms with van der Waals surface area (Å²) in [5.74, 6) is 0. The molecule has 1 aliphatic heterocycles. The summed E-state index contributed by atoms with van der Waals surface area (Å²) in [5.41, 5.74) is -5.24. The molecular weight excluding hydrogens is 263 g/mol. The molecule has 0 amide bonds. The maximum atomic E-state index is 12.2. The molecule has 0 aromatic heterocycles. The Morgan fingerprint density at radius 2 is 1.82 bits per heavy atom. The molecule has 0 spiro atoms. The number of hydrogen-bond donors (Lipinski definition) is 1. The summed E-state index contributed by atoms with van der Waals surface area (Å²) < 4.78 is 64.3. The zero-order valence-electron chi connectivity index (χ0n) is 8.98. The number of halogens is 3. The van der Waals surface area contributed by atoms with Gasteiger partial charge in [-0.3, -0.25) is 0 Å². The summed E-state index contributed by atoms with van der Waals surface area (Å²) in [6, 6.07) is 0. The lowest BCUT2D eigenvalue weighted by molar-refractivity contribution is -0.0520. The van der Waals surface area contributed by atoms with Crippen molar-refractivity contribution in [3.8, 4) is 0 Å². The minimum absolute atomic E-state index is 0.108. The van der Waals surface area contributed by atoms with Crippen molar-refractivity contribution >= 4 is 10.0 Å². The first-order valence-corrected chi connectivity index (χ1v) is 6.52. The van der Waals surface area contributed by atoms with Crippen LogP contribution in [-0.2, 0) is 14.8 Å².